The van der Waals surface area contributed by atoms with Gasteiger partial charge in [0.25, 0.3) is 0 Å². The topological polar surface area (TPSA) is 42.9 Å². The van der Waals surface area contributed by atoms with Crippen LogP contribution in [0, 0.1) is 11.3 Å². The third kappa shape index (κ3) is 4.16. The molecule has 0 amide bonds. The van der Waals surface area contributed by atoms with Crippen molar-refractivity contribution in [3.8, 4) is 0 Å². The lowest BCUT2D eigenvalue weighted by Gasteiger charge is -2.37. The Bertz CT molecular complexity index is 758. The molecule has 1 aliphatic carbocycles. The zero-order valence-corrected chi connectivity index (χ0v) is 15.8. The summed E-state index contributed by atoms with van der Waals surface area (Å²) in [5.41, 5.74) is 4.04. The molecule has 1 fully saturated rings. The number of pyridine rings is 2. The van der Waals surface area contributed by atoms with Gasteiger partial charge >= 0.3 is 0 Å². The van der Waals surface area contributed by atoms with Crippen molar-refractivity contribution in [1.29, 1.82) is 0 Å². The molecule has 3 rings (SSSR count). The second-order valence-corrected chi connectivity index (χ2v) is 7.68. The highest BCUT2D eigenvalue weighted by atomic mass is 16.1. The minimum atomic E-state index is 0.168. The van der Waals surface area contributed by atoms with E-state index in [1.807, 2.05) is 36.4 Å². The Morgan fingerprint density at radius 2 is 1.35 bits per heavy atom. The van der Waals surface area contributed by atoms with Gasteiger partial charge in [-0.05, 0) is 71.7 Å². The molecule has 0 saturated heterocycles. The second kappa shape index (κ2) is 7.77. The predicted molar refractivity (Wildman–Crippen MR) is 106 cm³/mol. The minimum absolute atomic E-state index is 0.168. The van der Waals surface area contributed by atoms with Gasteiger partial charge in [-0.25, -0.2) is 0 Å². The minimum Gasteiger partial charge on any atom is -0.289 e. The fourth-order valence-electron chi connectivity index (χ4n) is 3.41. The third-order valence-corrected chi connectivity index (χ3v) is 5.63. The molecule has 2 aromatic heterocycles. The standard InChI is InChI=1S/C23H26N2O/c1-4-23(2,3)21-15-19(13-17-5-9-24-10-6-17)22(26)20(16-21)14-18-7-11-25-12-8-18/h5-14,21H,4,15-16H2,1-3H3/b19-13-,20-14+. The number of ketones is 1. The van der Waals surface area contributed by atoms with Crippen molar-refractivity contribution in [3.05, 3.63) is 71.3 Å². The molecule has 1 aliphatic rings. The van der Waals surface area contributed by atoms with E-state index in [2.05, 4.69) is 30.7 Å². The monoisotopic (exact) mass is 346 g/mol. The van der Waals surface area contributed by atoms with Gasteiger partial charge in [-0.1, -0.05) is 27.2 Å². The van der Waals surface area contributed by atoms with Crippen molar-refractivity contribution >= 4 is 17.9 Å². The summed E-state index contributed by atoms with van der Waals surface area (Å²) >= 11 is 0. The number of Topliss-reactive ketones (excluding diaryl/α,β-unsaturated/α-hetero) is 1. The molecule has 0 aliphatic heterocycles. The first-order valence-electron chi connectivity index (χ1n) is 9.25. The molecule has 1 atom stereocenters. The molecular formula is C23H26N2O. The van der Waals surface area contributed by atoms with Crippen LogP contribution in [0.5, 0.6) is 0 Å². The Hall–Kier alpha value is -2.55. The van der Waals surface area contributed by atoms with Crippen molar-refractivity contribution < 1.29 is 4.79 Å². The molecule has 2 heterocycles. The molecule has 0 N–H and O–H groups in total. The van der Waals surface area contributed by atoms with Crippen molar-refractivity contribution in [3.63, 3.8) is 0 Å². The first-order valence-corrected chi connectivity index (χ1v) is 9.25. The van der Waals surface area contributed by atoms with E-state index in [0.29, 0.717) is 5.92 Å². The largest absolute Gasteiger partial charge is 0.289 e. The Balaban J connectivity index is 2.00. The number of aromatic nitrogens is 2. The van der Waals surface area contributed by atoms with Crippen LogP contribution in [-0.2, 0) is 4.79 Å². The first kappa shape index (κ1) is 18.2. The maximum Gasteiger partial charge on any atom is 0.185 e. The Morgan fingerprint density at radius 1 is 0.923 bits per heavy atom. The van der Waals surface area contributed by atoms with Crippen LogP contribution in [0.4, 0.5) is 0 Å². The van der Waals surface area contributed by atoms with Crippen molar-refractivity contribution in [2.45, 2.75) is 40.0 Å². The van der Waals surface area contributed by atoms with Crippen LogP contribution < -0.4 is 0 Å². The van der Waals surface area contributed by atoms with Gasteiger partial charge in [0.2, 0.25) is 0 Å². The average Bonchev–Trinajstić information content (AvgIpc) is 2.66. The van der Waals surface area contributed by atoms with E-state index in [4.69, 9.17) is 0 Å². The fourth-order valence-corrected chi connectivity index (χ4v) is 3.41. The van der Waals surface area contributed by atoms with E-state index < -0.39 is 0 Å². The van der Waals surface area contributed by atoms with Gasteiger partial charge in [0.15, 0.2) is 5.78 Å². The lowest BCUT2D eigenvalue weighted by Crippen LogP contribution is -2.30. The molecule has 0 aromatic carbocycles. The predicted octanol–water partition coefficient (Wildman–Crippen LogP) is 5.36. The summed E-state index contributed by atoms with van der Waals surface area (Å²) in [7, 11) is 0. The third-order valence-electron chi connectivity index (χ3n) is 5.63. The zero-order valence-electron chi connectivity index (χ0n) is 15.8. The SMILES string of the molecule is CCC(C)(C)C1C/C(=C/c2ccncc2)C(=O)/C(=C/c2ccncc2)C1. The van der Waals surface area contributed by atoms with E-state index in [9.17, 15) is 4.79 Å². The number of carbonyl (C=O) groups excluding carboxylic acids is 1. The maximum absolute atomic E-state index is 13.1. The molecule has 3 nitrogen and oxygen atoms in total. The summed E-state index contributed by atoms with van der Waals surface area (Å²) in [5.74, 6) is 0.619. The molecule has 0 spiro atoms. The number of hydrogen-bond acceptors (Lipinski definition) is 3. The van der Waals surface area contributed by atoms with Gasteiger partial charge < -0.3 is 0 Å². The Labute approximate surface area is 155 Å². The van der Waals surface area contributed by atoms with E-state index >= 15 is 0 Å². The number of carbonyl (C=O) groups is 1. The highest BCUT2D eigenvalue weighted by Gasteiger charge is 2.36. The highest BCUT2D eigenvalue weighted by Crippen LogP contribution is 2.43. The molecule has 26 heavy (non-hydrogen) atoms. The number of rotatable bonds is 4. The zero-order chi connectivity index (χ0) is 18.6. The lowest BCUT2D eigenvalue weighted by atomic mass is 9.66. The maximum atomic E-state index is 13.1. The van der Waals surface area contributed by atoms with Crippen LogP contribution in [0.1, 0.15) is 51.2 Å². The van der Waals surface area contributed by atoms with E-state index in [1.54, 1.807) is 24.8 Å². The molecule has 0 bridgehead atoms. The molecule has 1 saturated carbocycles. The molecule has 0 radical (unpaired) electrons. The summed E-state index contributed by atoms with van der Waals surface area (Å²) < 4.78 is 0. The summed E-state index contributed by atoms with van der Waals surface area (Å²) in [5, 5.41) is 0. The van der Waals surface area contributed by atoms with Crippen molar-refractivity contribution in [2.24, 2.45) is 11.3 Å². The lowest BCUT2D eigenvalue weighted by molar-refractivity contribution is -0.113. The smallest absolute Gasteiger partial charge is 0.185 e. The van der Waals surface area contributed by atoms with E-state index in [1.165, 1.54) is 0 Å². The van der Waals surface area contributed by atoms with Crippen LogP contribution >= 0.6 is 0 Å². The summed E-state index contributed by atoms with van der Waals surface area (Å²) in [6.45, 7) is 6.85. The van der Waals surface area contributed by atoms with Crippen LogP contribution in [0.15, 0.2) is 60.2 Å². The van der Waals surface area contributed by atoms with Gasteiger partial charge in [-0.2, -0.15) is 0 Å². The normalized spacial score (nSPS) is 21.3. The molecule has 1 unspecified atom stereocenters. The van der Waals surface area contributed by atoms with Gasteiger partial charge in [0, 0.05) is 35.9 Å². The summed E-state index contributed by atoms with van der Waals surface area (Å²) in [6, 6.07) is 7.78. The first-order chi connectivity index (χ1) is 12.5. The second-order valence-electron chi connectivity index (χ2n) is 7.68. The summed E-state index contributed by atoms with van der Waals surface area (Å²) in [6.07, 6.45) is 13.9. The molecular weight excluding hydrogens is 320 g/mol. The molecule has 2 aromatic rings. The average molecular weight is 346 g/mol. The molecule has 3 heteroatoms. The number of nitrogens with zero attached hydrogens (tertiary/aromatic N) is 2. The van der Waals surface area contributed by atoms with E-state index in [-0.39, 0.29) is 11.2 Å². The number of allylic oxidation sites excluding steroid dienone is 2. The quantitative estimate of drug-likeness (QED) is 0.700. The van der Waals surface area contributed by atoms with Gasteiger partial charge in [-0.3, -0.25) is 14.8 Å². The van der Waals surface area contributed by atoms with Gasteiger partial charge in [0.05, 0.1) is 0 Å². The van der Waals surface area contributed by atoms with Gasteiger partial charge in [-0.15, -0.1) is 0 Å². The van der Waals surface area contributed by atoms with Crippen LogP contribution in [0.3, 0.4) is 0 Å². The van der Waals surface area contributed by atoms with Crippen LogP contribution in [0.2, 0.25) is 0 Å². The van der Waals surface area contributed by atoms with Crippen molar-refractivity contribution in [2.75, 3.05) is 0 Å². The fraction of sp³-hybridized carbons (Fsp3) is 0.348. The van der Waals surface area contributed by atoms with Gasteiger partial charge in [0.1, 0.15) is 0 Å². The van der Waals surface area contributed by atoms with E-state index in [0.717, 1.165) is 41.5 Å². The van der Waals surface area contributed by atoms with Crippen LogP contribution in [-0.4, -0.2) is 15.8 Å². The Morgan fingerprint density at radius 3 is 1.73 bits per heavy atom. The van der Waals surface area contributed by atoms with Crippen LogP contribution in [0.25, 0.3) is 12.2 Å². The highest BCUT2D eigenvalue weighted by molar-refractivity contribution is 6.14. The molecule has 134 valence electrons. The van der Waals surface area contributed by atoms with Crippen molar-refractivity contribution in [1.82, 2.24) is 9.97 Å². The number of hydrogen-bond donors (Lipinski definition) is 0. The Kier molecular flexibility index (Phi) is 5.46. The summed E-state index contributed by atoms with van der Waals surface area (Å²) in [4.78, 5) is 21.3.